The molecular formula is C14H19N3O2. The van der Waals surface area contributed by atoms with E-state index in [9.17, 15) is 9.59 Å². The Morgan fingerprint density at radius 2 is 2.21 bits per heavy atom. The van der Waals surface area contributed by atoms with Crippen LogP contribution in [0.2, 0.25) is 0 Å². The standard InChI is InChI=1S/C14H19N3O2/c1-14(2)13(19)16-6-7-17(14)12(18)11-5-3-4-10(8-11)9-15/h3-5,8H,6-7,9,15H2,1-2H3,(H,16,19). The monoisotopic (exact) mass is 261 g/mol. The van der Waals surface area contributed by atoms with E-state index in [0.29, 0.717) is 25.2 Å². The second-order valence-corrected chi connectivity index (χ2v) is 5.18. The highest BCUT2D eigenvalue weighted by atomic mass is 16.2. The molecular weight excluding hydrogens is 242 g/mol. The van der Waals surface area contributed by atoms with Crippen molar-refractivity contribution in [3.8, 4) is 0 Å². The number of nitrogens with zero attached hydrogens (tertiary/aromatic N) is 1. The first-order valence-corrected chi connectivity index (χ1v) is 6.36. The summed E-state index contributed by atoms with van der Waals surface area (Å²) in [6, 6.07) is 7.23. The molecule has 0 saturated carbocycles. The van der Waals surface area contributed by atoms with Gasteiger partial charge in [-0.25, -0.2) is 0 Å². The molecule has 1 aliphatic heterocycles. The van der Waals surface area contributed by atoms with Gasteiger partial charge in [-0.15, -0.1) is 0 Å². The third-order valence-electron chi connectivity index (χ3n) is 3.51. The van der Waals surface area contributed by atoms with Gasteiger partial charge in [0.05, 0.1) is 0 Å². The van der Waals surface area contributed by atoms with Crippen molar-refractivity contribution in [1.82, 2.24) is 10.2 Å². The summed E-state index contributed by atoms with van der Waals surface area (Å²) < 4.78 is 0. The summed E-state index contributed by atoms with van der Waals surface area (Å²) in [6.45, 7) is 4.92. The molecule has 5 nitrogen and oxygen atoms in total. The number of benzene rings is 1. The van der Waals surface area contributed by atoms with Gasteiger partial charge in [0.2, 0.25) is 5.91 Å². The fourth-order valence-electron chi connectivity index (χ4n) is 2.24. The largest absolute Gasteiger partial charge is 0.352 e. The predicted octanol–water partition coefficient (Wildman–Crippen LogP) is 0.496. The Labute approximate surface area is 112 Å². The second-order valence-electron chi connectivity index (χ2n) is 5.18. The molecule has 0 aromatic heterocycles. The van der Waals surface area contributed by atoms with E-state index >= 15 is 0 Å². The molecule has 2 amide bonds. The van der Waals surface area contributed by atoms with Gasteiger partial charge >= 0.3 is 0 Å². The lowest BCUT2D eigenvalue weighted by atomic mass is 9.97. The lowest BCUT2D eigenvalue weighted by Gasteiger charge is -2.41. The van der Waals surface area contributed by atoms with Gasteiger partial charge in [-0.3, -0.25) is 9.59 Å². The molecule has 2 rings (SSSR count). The number of rotatable bonds is 2. The van der Waals surface area contributed by atoms with Crippen LogP contribution in [-0.2, 0) is 11.3 Å². The number of piperazine rings is 1. The molecule has 5 heteroatoms. The smallest absolute Gasteiger partial charge is 0.254 e. The molecule has 0 radical (unpaired) electrons. The van der Waals surface area contributed by atoms with Gasteiger partial charge in [-0.05, 0) is 31.5 Å². The van der Waals surface area contributed by atoms with E-state index in [1.54, 1.807) is 30.9 Å². The van der Waals surface area contributed by atoms with Gasteiger partial charge in [0.25, 0.3) is 5.91 Å². The molecule has 0 spiro atoms. The first-order valence-electron chi connectivity index (χ1n) is 6.36. The lowest BCUT2D eigenvalue weighted by molar-refractivity contribution is -0.133. The quantitative estimate of drug-likeness (QED) is 0.814. The molecule has 0 bridgehead atoms. The molecule has 1 fully saturated rings. The zero-order valence-corrected chi connectivity index (χ0v) is 11.3. The van der Waals surface area contributed by atoms with Crippen molar-refractivity contribution >= 4 is 11.8 Å². The highest BCUT2D eigenvalue weighted by Crippen LogP contribution is 2.21. The minimum atomic E-state index is -0.825. The van der Waals surface area contributed by atoms with E-state index in [1.807, 2.05) is 12.1 Å². The molecule has 1 aliphatic rings. The summed E-state index contributed by atoms with van der Waals surface area (Å²) in [7, 11) is 0. The van der Waals surface area contributed by atoms with Crippen LogP contribution in [0, 0.1) is 0 Å². The first-order chi connectivity index (χ1) is 8.96. The van der Waals surface area contributed by atoms with Gasteiger partial charge in [0.1, 0.15) is 5.54 Å². The fourth-order valence-corrected chi connectivity index (χ4v) is 2.24. The highest BCUT2D eigenvalue weighted by molar-refractivity contribution is 5.99. The Kier molecular flexibility index (Phi) is 3.57. The third-order valence-corrected chi connectivity index (χ3v) is 3.51. The Morgan fingerprint density at radius 1 is 1.47 bits per heavy atom. The Hall–Kier alpha value is -1.88. The molecule has 1 saturated heterocycles. The molecule has 0 unspecified atom stereocenters. The Bertz CT molecular complexity index is 511. The second kappa shape index (κ2) is 5.01. The summed E-state index contributed by atoms with van der Waals surface area (Å²) >= 11 is 0. The first kappa shape index (κ1) is 13.5. The predicted molar refractivity (Wildman–Crippen MR) is 72.5 cm³/mol. The van der Waals surface area contributed by atoms with Crippen molar-refractivity contribution in [2.45, 2.75) is 25.9 Å². The van der Waals surface area contributed by atoms with Crippen LogP contribution >= 0.6 is 0 Å². The molecule has 1 aromatic rings. The number of nitrogens with two attached hydrogens (primary N) is 1. The van der Waals surface area contributed by atoms with Crippen LogP contribution in [0.25, 0.3) is 0 Å². The Balaban J connectivity index is 2.30. The minimum Gasteiger partial charge on any atom is -0.352 e. The van der Waals surface area contributed by atoms with Crippen molar-refractivity contribution in [3.63, 3.8) is 0 Å². The van der Waals surface area contributed by atoms with Crippen LogP contribution in [0.5, 0.6) is 0 Å². The molecule has 1 aromatic carbocycles. The summed E-state index contributed by atoms with van der Waals surface area (Å²) in [5.74, 6) is -0.253. The van der Waals surface area contributed by atoms with Crippen LogP contribution in [0.4, 0.5) is 0 Å². The van der Waals surface area contributed by atoms with Gasteiger partial charge in [-0.1, -0.05) is 12.1 Å². The molecule has 0 atom stereocenters. The Morgan fingerprint density at radius 3 is 2.89 bits per heavy atom. The molecule has 102 valence electrons. The van der Waals surface area contributed by atoms with E-state index < -0.39 is 5.54 Å². The zero-order chi connectivity index (χ0) is 14.0. The summed E-state index contributed by atoms with van der Waals surface area (Å²) in [4.78, 5) is 26.0. The average Bonchev–Trinajstić information content (AvgIpc) is 2.41. The van der Waals surface area contributed by atoms with Crippen LogP contribution in [0.1, 0.15) is 29.8 Å². The number of carbonyl (C=O) groups is 2. The number of hydrogen-bond acceptors (Lipinski definition) is 3. The molecule has 1 heterocycles. The van der Waals surface area contributed by atoms with Crippen molar-refractivity contribution in [2.75, 3.05) is 13.1 Å². The number of amides is 2. The number of hydrogen-bond donors (Lipinski definition) is 2. The summed E-state index contributed by atoms with van der Waals surface area (Å²) in [6.07, 6.45) is 0. The van der Waals surface area contributed by atoms with Crippen LogP contribution in [0.15, 0.2) is 24.3 Å². The maximum atomic E-state index is 12.5. The van der Waals surface area contributed by atoms with E-state index in [4.69, 9.17) is 5.73 Å². The van der Waals surface area contributed by atoms with E-state index in [2.05, 4.69) is 5.32 Å². The van der Waals surface area contributed by atoms with Gasteiger partial charge in [-0.2, -0.15) is 0 Å². The lowest BCUT2D eigenvalue weighted by Crippen LogP contribution is -2.63. The van der Waals surface area contributed by atoms with Crippen molar-refractivity contribution in [2.24, 2.45) is 5.73 Å². The van der Waals surface area contributed by atoms with Gasteiger partial charge in [0.15, 0.2) is 0 Å². The third kappa shape index (κ3) is 2.46. The van der Waals surface area contributed by atoms with Crippen molar-refractivity contribution < 1.29 is 9.59 Å². The van der Waals surface area contributed by atoms with E-state index in [1.165, 1.54) is 0 Å². The average molecular weight is 261 g/mol. The van der Waals surface area contributed by atoms with E-state index in [0.717, 1.165) is 5.56 Å². The van der Waals surface area contributed by atoms with Gasteiger partial charge in [0, 0.05) is 25.2 Å². The summed E-state index contributed by atoms with van der Waals surface area (Å²) in [5, 5.41) is 2.78. The normalized spacial score (nSPS) is 18.1. The SMILES string of the molecule is CC1(C)C(=O)NCCN1C(=O)c1cccc(CN)c1. The van der Waals surface area contributed by atoms with E-state index in [-0.39, 0.29) is 11.8 Å². The minimum absolute atomic E-state index is 0.123. The molecule has 3 N–H and O–H groups in total. The summed E-state index contributed by atoms with van der Waals surface area (Å²) in [5.41, 5.74) is 6.24. The zero-order valence-electron chi connectivity index (χ0n) is 11.3. The maximum absolute atomic E-state index is 12.5. The highest BCUT2D eigenvalue weighted by Gasteiger charge is 2.40. The number of nitrogens with one attached hydrogen (secondary N) is 1. The van der Waals surface area contributed by atoms with Crippen molar-refractivity contribution in [1.29, 1.82) is 0 Å². The van der Waals surface area contributed by atoms with Crippen LogP contribution in [-0.4, -0.2) is 35.3 Å². The van der Waals surface area contributed by atoms with Crippen LogP contribution in [0.3, 0.4) is 0 Å². The maximum Gasteiger partial charge on any atom is 0.254 e. The van der Waals surface area contributed by atoms with Crippen LogP contribution < -0.4 is 11.1 Å². The van der Waals surface area contributed by atoms with Gasteiger partial charge < -0.3 is 16.0 Å². The fraction of sp³-hybridized carbons (Fsp3) is 0.429. The molecule has 0 aliphatic carbocycles. The topological polar surface area (TPSA) is 75.4 Å². The molecule has 19 heavy (non-hydrogen) atoms. The number of carbonyl (C=O) groups excluding carboxylic acids is 2. The van der Waals surface area contributed by atoms with Crippen molar-refractivity contribution in [3.05, 3.63) is 35.4 Å².